The van der Waals surface area contributed by atoms with Crippen LogP contribution in [0.1, 0.15) is 26.3 Å². The highest BCUT2D eigenvalue weighted by atomic mass is 19.3. The first kappa shape index (κ1) is 29.4. The van der Waals surface area contributed by atoms with E-state index in [0.29, 0.717) is 9.13 Å². The van der Waals surface area contributed by atoms with Crippen molar-refractivity contribution in [2.75, 3.05) is 5.73 Å². The van der Waals surface area contributed by atoms with Crippen molar-refractivity contribution in [1.29, 1.82) is 0 Å². The van der Waals surface area contributed by atoms with Gasteiger partial charge in [0, 0.05) is 18.5 Å². The average molecular weight is 555 g/mol. The fourth-order valence-corrected chi connectivity index (χ4v) is 3.83. The van der Waals surface area contributed by atoms with Gasteiger partial charge in [-0.1, -0.05) is 0 Å². The number of aromatic nitrogens is 4. The zero-order valence-electron chi connectivity index (χ0n) is 19.7. The van der Waals surface area contributed by atoms with Crippen LogP contribution < -0.4 is 22.7 Å². The predicted octanol–water partition coefficient (Wildman–Crippen LogP) is -2.09. The summed E-state index contributed by atoms with van der Waals surface area (Å²) in [5.74, 6) is -7.62. The fourth-order valence-electron chi connectivity index (χ4n) is 3.83. The molecule has 0 amide bonds. The van der Waals surface area contributed by atoms with Gasteiger partial charge in [0.15, 0.2) is 12.2 Å². The summed E-state index contributed by atoms with van der Waals surface area (Å²) in [6.45, 7) is 2.39. The number of aliphatic hydroxyl groups excluding tert-OH is 4. The Balaban J connectivity index is 0.000000211. The molecule has 0 aromatic carbocycles. The number of nitrogen functional groups attached to an aromatic ring is 1. The summed E-state index contributed by atoms with van der Waals surface area (Å²) in [6, 6.07) is 2.03. The number of nitrogens with zero attached hydrogens (tertiary/aromatic N) is 3. The molecule has 0 bridgehead atoms. The molecule has 3 unspecified atom stereocenters. The molecule has 2 aliphatic heterocycles. The number of halogens is 4. The minimum Gasteiger partial charge on any atom is -0.391 e. The molecule has 18 heteroatoms. The van der Waals surface area contributed by atoms with E-state index in [1.807, 2.05) is 0 Å². The third-order valence-corrected chi connectivity index (χ3v) is 5.80. The highest BCUT2D eigenvalue weighted by Crippen LogP contribution is 2.44. The van der Waals surface area contributed by atoms with E-state index in [0.717, 1.165) is 24.5 Å². The highest BCUT2D eigenvalue weighted by Gasteiger charge is 2.61. The van der Waals surface area contributed by atoms with E-state index in [4.69, 9.17) is 15.2 Å². The van der Waals surface area contributed by atoms with Gasteiger partial charge in [-0.3, -0.25) is 18.9 Å². The van der Waals surface area contributed by atoms with Crippen molar-refractivity contribution in [1.82, 2.24) is 19.1 Å². The Labute approximate surface area is 209 Å². The molecular weight excluding hydrogens is 530 g/mol. The van der Waals surface area contributed by atoms with Crippen LogP contribution in [0.15, 0.2) is 38.9 Å². The van der Waals surface area contributed by atoms with Gasteiger partial charge >= 0.3 is 23.2 Å². The molecule has 2 aromatic heterocycles. The molecule has 2 aromatic rings. The highest BCUT2D eigenvalue weighted by molar-refractivity contribution is 5.23. The maximum absolute atomic E-state index is 13.9. The van der Waals surface area contributed by atoms with Gasteiger partial charge in [-0.15, -0.1) is 0 Å². The van der Waals surface area contributed by atoms with Gasteiger partial charge in [0.05, 0.1) is 12.2 Å². The summed E-state index contributed by atoms with van der Waals surface area (Å²) in [4.78, 5) is 38.9. The summed E-state index contributed by atoms with van der Waals surface area (Å²) in [5, 5.41) is 37.5. The normalized spacial score (nSPS) is 31.3. The molecule has 2 aliphatic rings. The smallest absolute Gasteiger partial charge is 0.351 e. The number of alkyl halides is 4. The van der Waals surface area contributed by atoms with Crippen LogP contribution in [0.25, 0.3) is 0 Å². The van der Waals surface area contributed by atoms with Crippen LogP contribution in [0.2, 0.25) is 0 Å². The Morgan fingerprint density at radius 2 is 1.37 bits per heavy atom. The van der Waals surface area contributed by atoms with Gasteiger partial charge in [-0.25, -0.2) is 9.59 Å². The van der Waals surface area contributed by atoms with E-state index in [1.165, 1.54) is 13.8 Å². The molecule has 0 aliphatic carbocycles. The van der Waals surface area contributed by atoms with Gasteiger partial charge in [0.25, 0.3) is 5.56 Å². The van der Waals surface area contributed by atoms with Crippen LogP contribution >= 0.6 is 0 Å². The third-order valence-electron chi connectivity index (χ3n) is 5.80. The quantitative estimate of drug-likeness (QED) is 0.225. The Morgan fingerprint density at radius 1 is 0.921 bits per heavy atom. The Bertz CT molecular complexity index is 1310. The lowest BCUT2D eigenvalue weighted by Crippen LogP contribution is -2.43. The van der Waals surface area contributed by atoms with Gasteiger partial charge in [-0.05, 0) is 19.9 Å². The van der Waals surface area contributed by atoms with Crippen LogP contribution in [0, 0.1) is 0 Å². The van der Waals surface area contributed by atoms with Crippen LogP contribution in [-0.4, -0.2) is 88.0 Å². The molecular formula is C20H25F4N5O9. The molecule has 4 heterocycles. The number of aliphatic hydroxyl groups is 4. The summed E-state index contributed by atoms with van der Waals surface area (Å²) in [6.07, 6.45) is -12.4. The predicted molar refractivity (Wildman–Crippen MR) is 117 cm³/mol. The minimum absolute atomic E-state index is 0.116. The molecule has 0 radical (unpaired) electrons. The number of H-pyrrole nitrogens is 1. The molecule has 2 fully saturated rings. The molecule has 0 saturated carbocycles. The number of hydrogen-bond donors (Lipinski definition) is 6. The summed E-state index contributed by atoms with van der Waals surface area (Å²) < 4.78 is 66.2. The number of hydrogen-bond acceptors (Lipinski definition) is 11. The van der Waals surface area contributed by atoms with Crippen molar-refractivity contribution in [2.24, 2.45) is 0 Å². The monoisotopic (exact) mass is 555 g/mol. The zero-order valence-corrected chi connectivity index (χ0v) is 19.7. The number of aromatic amines is 1. The second-order valence-electron chi connectivity index (χ2n) is 8.69. The summed E-state index contributed by atoms with van der Waals surface area (Å²) in [7, 11) is 0. The number of nitrogens with two attached hydrogens (primary N) is 1. The van der Waals surface area contributed by atoms with Gasteiger partial charge in [0.2, 0.25) is 12.5 Å². The summed E-state index contributed by atoms with van der Waals surface area (Å²) in [5.41, 5.74) is 2.40. The SMILES string of the molecule is CC(O)[C@H]1OC(n2ccc(N)nc2=O)C(F)(F)[C@@H]1O.CC(O)[C@H]1O[C@@H](n2ccc(=O)[nH]c2=O)C(F)(F)[C@@H]1O. The van der Waals surface area contributed by atoms with Crippen LogP contribution in [-0.2, 0) is 9.47 Å². The second kappa shape index (κ2) is 10.5. The largest absolute Gasteiger partial charge is 0.391 e. The molecule has 2 saturated heterocycles. The van der Waals surface area contributed by atoms with Crippen molar-refractivity contribution in [2.45, 2.75) is 74.8 Å². The lowest BCUT2D eigenvalue weighted by molar-refractivity contribution is -0.141. The van der Waals surface area contributed by atoms with Gasteiger partial charge in [-0.2, -0.15) is 22.5 Å². The molecule has 14 nitrogen and oxygen atoms in total. The average Bonchev–Trinajstić information content (AvgIpc) is 3.18. The molecule has 0 spiro atoms. The van der Waals surface area contributed by atoms with Gasteiger partial charge in [0.1, 0.15) is 18.0 Å². The van der Waals surface area contributed by atoms with E-state index in [9.17, 15) is 52.4 Å². The van der Waals surface area contributed by atoms with E-state index in [2.05, 4.69) is 4.98 Å². The van der Waals surface area contributed by atoms with Crippen molar-refractivity contribution in [3.63, 3.8) is 0 Å². The lowest BCUT2D eigenvalue weighted by atomic mass is 10.1. The van der Waals surface area contributed by atoms with E-state index >= 15 is 0 Å². The van der Waals surface area contributed by atoms with E-state index in [1.54, 1.807) is 4.98 Å². The number of rotatable bonds is 4. The maximum Gasteiger partial charge on any atom is 0.351 e. The number of anilines is 1. The van der Waals surface area contributed by atoms with Crippen molar-refractivity contribution >= 4 is 5.82 Å². The van der Waals surface area contributed by atoms with E-state index < -0.39 is 77.9 Å². The third kappa shape index (κ3) is 5.36. The Hall–Kier alpha value is -3.16. The molecule has 212 valence electrons. The first-order chi connectivity index (χ1) is 17.5. The van der Waals surface area contributed by atoms with Crippen LogP contribution in [0.5, 0.6) is 0 Å². The zero-order chi connectivity index (χ0) is 28.7. The Morgan fingerprint density at radius 3 is 1.76 bits per heavy atom. The maximum atomic E-state index is 13.9. The molecule has 7 N–H and O–H groups in total. The van der Waals surface area contributed by atoms with E-state index in [-0.39, 0.29) is 5.82 Å². The van der Waals surface area contributed by atoms with Gasteiger partial charge < -0.3 is 35.6 Å². The number of ether oxygens (including phenoxy) is 2. The fraction of sp³-hybridized carbons (Fsp3) is 0.600. The summed E-state index contributed by atoms with van der Waals surface area (Å²) >= 11 is 0. The molecule has 8 atom stereocenters. The first-order valence-electron chi connectivity index (χ1n) is 10.9. The molecule has 4 rings (SSSR count). The topological polar surface area (TPSA) is 215 Å². The van der Waals surface area contributed by atoms with Crippen LogP contribution in [0.3, 0.4) is 0 Å². The standard InChI is InChI=1S/C10H13F2N3O4.C10H12F2N2O5/c1-4(16)6-7(17)10(11,12)8(19-6)15-3-2-5(13)14-9(15)18;1-4(15)6-7(17)10(11,12)8(19-6)14-3-2-5(16)13-9(14)18/h2-4,6-8,16-17H,1H3,(H2,13,14,18);2-4,6-8,15,17H,1H3,(H,13,16,18)/t4?,6-,7-,8?;4?,6-,7-,8-/m11/s1. The molecule has 38 heavy (non-hydrogen) atoms. The van der Waals surface area contributed by atoms with Crippen LogP contribution in [0.4, 0.5) is 23.4 Å². The second-order valence-corrected chi connectivity index (χ2v) is 8.69. The van der Waals surface area contributed by atoms with Crippen molar-refractivity contribution in [3.8, 4) is 0 Å². The number of nitrogens with one attached hydrogen (secondary N) is 1. The van der Waals surface area contributed by atoms with Crippen molar-refractivity contribution < 1.29 is 47.5 Å². The van der Waals surface area contributed by atoms with Crippen molar-refractivity contribution in [3.05, 3.63) is 55.8 Å². The first-order valence-corrected chi connectivity index (χ1v) is 10.9. The Kier molecular flexibility index (Phi) is 8.15. The lowest BCUT2D eigenvalue weighted by Gasteiger charge is -2.20. The minimum atomic E-state index is -3.77.